The van der Waals surface area contributed by atoms with Gasteiger partial charge in [-0.3, -0.25) is 0 Å². The molecule has 84 valence electrons. The fourth-order valence-corrected chi connectivity index (χ4v) is 1.78. The highest BCUT2D eigenvalue weighted by molar-refractivity contribution is 5.55. The van der Waals surface area contributed by atoms with Gasteiger partial charge in [-0.2, -0.15) is 5.26 Å². The summed E-state index contributed by atoms with van der Waals surface area (Å²) in [5.74, 6) is 1.48. The van der Waals surface area contributed by atoms with Crippen LogP contribution < -0.4 is 9.47 Å². The van der Waals surface area contributed by atoms with Crippen molar-refractivity contribution in [2.75, 3.05) is 13.2 Å². The maximum atomic E-state index is 8.98. The Balaban J connectivity index is 2.62. The van der Waals surface area contributed by atoms with Gasteiger partial charge in [0.25, 0.3) is 0 Å². The Morgan fingerprint density at radius 2 is 1.88 bits per heavy atom. The molecule has 0 radical (unpaired) electrons. The van der Waals surface area contributed by atoms with Crippen molar-refractivity contribution in [3.8, 4) is 17.6 Å². The second kappa shape index (κ2) is 3.71. The summed E-state index contributed by atoms with van der Waals surface area (Å²) in [6.07, 6.45) is 0. The largest absolute Gasteiger partial charge is 0.486 e. The smallest absolute Gasteiger partial charge is 0.165 e. The van der Waals surface area contributed by atoms with Gasteiger partial charge < -0.3 is 9.47 Å². The first-order valence-corrected chi connectivity index (χ1v) is 5.36. The van der Waals surface area contributed by atoms with Crippen LogP contribution in [-0.2, 0) is 5.41 Å². The summed E-state index contributed by atoms with van der Waals surface area (Å²) < 4.78 is 11.2. The Morgan fingerprint density at radius 3 is 2.50 bits per heavy atom. The van der Waals surface area contributed by atoms with Crippen LogP contribution in [0.4, 0.5) is 0 Å². The molecule has 1 aliphatic heterocycles. The summed E-state index contributed by atoms with van der Waals surface area (Å²) in [6.45, 7) is 7.42. The van der Waals surface area contributed by atoms with Crippen LogP contribution in [0.5, 0.6) is 11.5 Å². The monoisotopic (exact) mass is 217 g/mol. The van der Waals surface area contributed by atoms with Gasteiger partial charge in [0.2, 0.25) is 0 Å². The highest BCUT2D eigenvalue weighted by Gasteiger charge is 2.25. The predicted molar refractivity (Wildman–Crippen MR) is 60.8 cm³/mol. The number of nitrogens with zero attached hydrogens (tertiary/aromatic N) is 1. The summed E-state index contributed by atoms with van der Waals surface area (Å²) >= 11 is 0. The molecule has 3 nitrogen and oxygen atoms in total. The molecule has 0 N–H and O–H groups in total. The lowest BCUT2D eigenvalue weighted by Gasteiger charge is -2.27. The summed E-state index contributed by atoms with van der Waals surface area (Å²) in [7, 11) is 0. The average molecular weight is 217 g/mol. The molecule has 1 aromatic rings. The van der Waals surface area contributed by atoms with Gasteiger partial charge >= 0.3 is 0 Å². The van der Waals surface area contributed by atoms with E-state index in [0.717, 1.165) is 11.3 Å². The van der Waals surface area contributed by atoms with Gasteiger partial charge in [-0.25, -0.2) is 0 Å². The number of rotatable bonds is 0. The van der Waals surface area contributed by atoms with Crippen molar-refractivity contribution < 1.29 is 9.47 Å². The number of nitriles is 1. The topological polar surface area (TPSA) is 42.2 Å². The van der Waals surface area contributed by atoms with Gasteiger partial charge in [-0.15, -0.1) is 0 Å². The van der Waals surface area contributed by atoms with E-state index in [1.54, 1.807) is 6.07 Å². The summed E-state index contributed by atoms with van der Waals surface area (Å²) in [5, 5.41) is 8.98. The summed E-state index contributed by atoms with van der Waals surface area (Å²) in [6, 6.07) is 5.78. The lowest BCUT2D eigenvalue weighted by Crippen LogP contribution is -2.21. The molecule has 0 bridgehead atoms. The van der Waals surface area contributed by atoms with Crippen LogP contribution in [-0.4, -0.2) is 13.2 Å². The molecule has 0 aliphatic carbocycles. The van der Waals surface area contributed by atoms with Crippen LogP contribution in [0, 0.1) is 11.3 Å². The molecule has 0 unspecified atom stereocenters. The van der Waals surface area contributed by atoms with E-state index in [-0.39, 0.29) is 5.41 Å². The quantitative estimate of drug-likeness (QED) is 0.670. The van der Waals surface area contributed by atoms with E-state index in [2.05, 4.69) is 26.8 Å². The van der Waals surface area contributed by atoms with Crippen molar-refractivity contribution in [1.29, 1.82) is 5.26 Å². The molecular weight excluding hydrogens is 202 g/mol. The minimum atomic E-state index is -0.0579. The van der Waals surface area contributed by atoms with Crippen molar-refractivity contribution in [3.63, 3.8) is 0 Å². The molecule has 1 aromatic carbocycles. The molecule has 0 amide bonds. The van der Waals surface area contributed by atoms with Crippen LogP contribution >= 0.6 is 0 Å². The predicted octanol–water partition coefficient (Wildman–Crippen LogP) is 2.63. The Bertz CT molecular complexity index is 452. The first-order valence-electron chi connectivity index (χ1n) is 5.36. The first-order chi connectivity index (χ1) is 7.52. The zero-order valence-corrected chi connectivity index (χ0v) is 9.83. The molecule has 0 atom stereocenters. The second-order valence-corrected chi connectivity index (χ2v) is 4.91. The average Bonchev–Trinajstić information content (AvgIpc) is 2.26. The second-order valence-electron chi connectivity index (χ2n) is 4.91. The third-order valence-corrected chi connectivity index (χ3v) is 2.58. The maximum absolute atomic E-state index is 8.98. The third-order valence-electron chi connectivity index (χ3n) is 2.58. The molecule has 1 aliphatic rings. The highest BCUT2D eigenvalue weighted by atomic mass is 16.6. The van der Waals surface area contributed by atoms with E-state index in [1.807, 2.05) is 6.07 Å². The van der Waals surface area contributed by atoms with Gasteiger partial charge in [-0.1, -0.05) is 20.8 Å². The van der Waals surface area contributed by atoms with E-state index in [9.17, 15) is 0 Å². The molecule has 2 rings (SSSR count). The number of ether oxygens (including phenoxy) is 2. The summed E-state index contributed by atoms with van der Waals surface area (Å²) in [4.78, 5) is 0. The number of hydrogen-bond donors (Lipinski definition) is 0. The minimum absolute atomic E-state index is 0.0579. The SMILES string of the molecule is CC(C)(C)c1cc(C#N)cc2c1OCCO2. The van der Waals surface area contributed by atoms with Crippen LogP contribution in [0.15, 0.2) is 12.1 Å². The molecule has 1 heterocycles. The van der Waals surface area contributed by atoms with Crippen molar-refractivity contribution in [2.45, 2.75) is 26.2 Å². The molecule has 0 aromatic heterocycles. The molecule has 0 fully saturated rings. The maximum Gasteiger partial charge on any atom is 0.165 e. The van der Waals surface area contributed by atoms with E-state index < -0.39 is 0 Å². The van der Waals surface area contributed by atoms with E-state index in [4.69, 9.17) is 14.7 Å². The minimum Gasteiger partial charge on any atom is -0.486 e. The van der Waals surface area contributed by atoms with Crippen molar-refractivity contribution >= 4 is 0 Å². The van der Waals surface area contributed by atoms with Crippen molar-refractivity contribution in [2.24, 2.45) is 0 Å². The fraction of sp³-hybridized carbons (Fsp3) is 0.462. The molecule has 3 heteroatoms. The first kappa shape index (κ1) is 10.8. The Morgan fingerprint density at radius 1 is 1.19 bits per heavy atom. The lowest BCUT2D eigenvalue weighted by molar-refractivity contribution is 0.168. The third kappa shape index (κ3) is 1.83. The van der Waals surface area contributed by atoms with Crippen LogP contribution in [0.1, 0.15) is 31.9 Å². The standard InChI is InChI=1S/C13H15NO2/c1-13(2,3)10-6-9(8-14)7-11-12(10)16-5-4-15-11/h6-7H,4-5H2,1-3H3. The zero-order valence-electron chi connectivity index (χ0n) is 9.83. The van der Waals surface area contributed by atoms with Crippen molar-refractivity contribution in [1.82, 2.24) is 0 Å². The number of hydrogen-bond acceptors (Lipinski definition) is 3. The van der Waals surface area contributed by atoms with Gasteiger partial charge in [0.05, 0.1) is 11.6 Å². The van der Waals surface area contributed by atoms with Crippen LogP contribution in [0.3, 0.4) is 0 Å². The summed E-state index contributed by atoms with van der Waals surface area (Å²) in [5.41, 5.74) is 1.59. The normalized spacial score (nSPS) is 14.4. The van der Waals surface area contributed by atoms with E-state index >= 15 is 0 Å². The van der Waals surface area contributed by atoms with Crippen LogP contribution in [0.25, 0.3) is 0 Å². The molecule has 0 saturated carbocycles. The molecule has 16 heavy (non-hydrogen) atoms. The fourth-order valence-electron chi connectivity index (χ4n) is 1.78. The van der Waals surface area contributed by atoms with Crippen LogP contribution in [0.2, 0.25) is 0 Å². The Kier molecular flexibility index (Phi) is 2.51. The number of benzene rings is 1. The number of fused-ring (bicyclic) bond motifs is 1. The van der Waals surface area contributed by atoms with Gasteiger partial charge in [0, 0.05) is 11.6 Å². The van der Waals surface area contributed by atoms with Crippen molar-refractivity contribution in [3.05, 3.63) is 23.3 Å². The Labute approximate surface area is 95.6 Å². The molecule has 0 spiro atoms. The van der Waals surface area contributed by atoms with E-state index in [1.165, 1.54) is 0 Å². The van der Waals surface area contributed by atoms with E-state index in [0.29, 0.717) is 24.5 Å². The van der Waals surface area contributed by atoms with Gasteiger partial charge in [0.1, 0.15) is 13.2 Å². The molecule has 0 saturated heterocycles. The Hall–Kier alpha value is -1.69. The lowest BCUT2D eigenvalue weighted by atomic mass is 9.85. The highest BCUT2D eigenvalue weighted by Crippen LogP contribution is 2.41. The molecular formula is C13H15NO2. The zero-order chi connectivity index (χ0) is 11.8. The van der Waals surface area contributed by atoms with Gasteiger partial charge in [0.15, 0.2) is 11.5 Å². The van der Waals surface area contributed by atoms with Gasteiger partial charge in [-0.05, 0) is 11.5 Å².